The van der Waals surface area contributed by atoms with Gasteiger partial charge in [-0.15, -0.1) is 0 Å². The van der Waals surface area contributed by atoms with Gasteiger partial charge >= 0.3 is 11.9 Å². The van der Waals surface area contributed by atoms with Gasteiger partial charge in [-0.3, -0.25) is 28.8 Å². The van der Waals surface area contributed by atoms with Gasteiger partial charge in [-0.25, -0.2) is 0 Å². The maximum absolute atomic E-state index is 12.1. The maximum atomic E-state index is 12.1. The molecule has 0 saturated heterocycles. The normalized spacial score (nSPS) is 13.5. The van der Waals surface area contributed by atoms with E-state index >= 15 is 0 Å². The molecule has 3 unspecified atom stereocenters. The van der Waals surface area contributed by atoms with Crippen molar-refractivity contribution in [1.29, 1.82) is 0 Å². The predicted octanol–water partition coefficient (Wildman–Crippen LogP) is -3.37. The molecule has 0 saturated carbocycles. The van der Waals surface area contributed by atoms with E-state index in [0.717, 1.165) is 0 Å². The number of hydrogen-bond acceptors (Lipinski definition) is 7. The number of carboxylic acid groups (broad SMARTS) is 2. The number of carbonyl (C=O) groups is 6. The molecule has 0 heterocycles. The van der Waals surface area contributed by atoms with Crippen LogP contribution in [0.15, 0.2) is 0 Å². The SMILES string of the molecule is CC(NC(=O)C(CCC(N)=O)NC(=O)CNC(=O)C(N)CCC(=O)O)C(=O)O. The average Bonchev–Trinajstić information content (AvgIpc) is 2.60. The standard InChI is InChI=1S/C15H25N5O8/c1-7(15(27)28)19-14(26)9(3-4-10(17)21)20-11(22)6-18-13(25)8(16)2-5-12(23)24/h7-9H,2-6,16H2,1H3,(H2,17,21)(H,18,25)(H,19,26)(H,20,22)(H,23,24)(H,27,28). The Kier molecular flexibility index (Phi) is 10.8. The molecule has 0 aromatic rings. The van der Waals surface area contributed by atoms with E-state index in [1.165, 1.54) is 6.92 Å². The van der Waals surface area contributed by atoms with E-state index in [1.54, 1.807) is 0 Å². The molecule has 3 atom stereocenters. The van der Waals surface area contributed by atoms with Crippen molar-refractivity contribution in [2.75, 3.05) is 6.54 Å². The molecule has 158 valence electrons. The number of amides is 4. The minimum atomic E-state index is -1.30. The summed E-state index contributed by atoms with van der Waals surface area (Å²) in [5.74, 6) is -5.54. The summed E-state index contributed by atoms with van der Waals surface area (Å²) in [6, 6.07) is -3.61. The first-order valence-electron chi connectivity index (χ1n) is 8.30. The van der Waals surface area contributed by atoms with Gasteiger partial charge in [0.25, 0.3) is 0 Å². The van der Waals surface area contributed by atoms with Crippen LogP contribution in [0.25, 0.3) is 0 Å². The van der Waals surface area contributed by atoms with E-state index in [1.807, 2.05) is 0 Å². The van der Waals surface area contributed by atoms with Gasteiger partial charge < -0.3 is 37.6 Å². The molecular formula is C15H25N5O8. The van der Waals surface area contributed by atoms with Gasteiger partial charge in [0.1, 0.15) is 12.1 Å². The molecule has 28 heavy (non-hydrogen) atoms. The monoisotopic (exact) mass is 403 g/mol. The second kappa shape index (κ2) is 12.2. The Bertz CT molecular complexity index is 624. The fraction of sp³-hybridized carbons (Fsp3) is 0.600. The number of carbonyl (C=O) groups excluding carboxylic acids is 4. The Balaban J connectivity index is 4.70. The third kappa shape index (κ3) is 10.7. The first-order chi connectivity index (χ1) is 12.9. The second-order valence-electron chi connectivity index (χ2n) is 5.95. The number of aliphatic carboxylic acids is 2. The highest BCUT2D eigenvalue weighted by atomic mass is 16.4. The van der Waals surface area contributed by atoms with Crippen LogP contribution >= 0.6 is 0 Å². The van der Waals surface area contributed by atoms with Gasteiger partial charge in [-0.2, -0.15) is 0 Å². The third-order valence-corrected chi connectivity index (χ3v) is 3.49. The Morgan fingerprint density at radius 2 is 1.54 bits per heavy atom. The van der Waals surface area contributed by atoms with Crippen molar-refractivity contribution in [3.63, 3.8) is 0 Å². The summed E-state index contributed by atoms with van der Waals surface area (Å²) in [7, 11) is 0. The van der Waals surface area contributed by atoms with Crippen molar-refractivity contribution < 1.29 is 39.0 Å². The van der Waals surface area contributed by atoms with Gasteiger partial charge in [0.15, 0.2) is 0 Å². The first-order valence-corrected chi connectivity index (χ1v) is 8.30. The molecule has 0 aliphatic rings. The van der Waals surface area contributed by atoms with Crippen molar-refractivity contribution in [2.24, 2.45) is 11.5 Å². The highest BCUT2D eigenvalue weighted by Crippen LogP contribution is 1.99. The largest absolute Gasteiger partial charge is 0.481 e. The summed E-state index contributed by atoms with van der Waals surface area (Å²) in [6.45, 7) is 0.653. The fourth-order valence-electron chi connectivity index (χ4n) is 1.89. The Morgan fingerprint density at radius 1 is 0.929 bits per heavy atom. The summed E-state index contributed by atoms with van der Waals surface area (Å²) in [5.41, 5.74) is 10.5. The third-order valence-electron chi connectivity index (χ3n) is 3.49. The van der Waals surface area contributed by atoms with E-state index in [9.17, 15) is 28.8 Å². The smallest absolute Gasteiger partial charge is 0.325 e. The van der Waals surface area contributed by atoms with Crippen molar-refractivity contribution in [3.8, 4) is 0 Å². The van der Waals surface area contributed by atoms with E-state index in [-0.39, 0.29) is 25.7 Å². The number of nitrogens with one attached hydrogen (secondary N) is 3. The average molecular weight is 403 g/mol. The fourth-order valence-corrected chi connectivity index (χ4v) is 1.89. The van der Waals surface area contributed by atoms with E-state index < -0.39 is 60.2 Å². The zero-order valence-electron chi connectivity index (χ0n) is 15.3. The minimum Gasteiger partial charge on any atom is -0.481 e. The lowest BCUT2D eigenvalue weighted by Crippen LogP contribution is -2.53. The predicted molar refractivity (Wildman–Crippen MR) is 93.5 cm³/mol. The van der Waals surface area contributed by atoms with E-state index in [2.05, 4.69) is 16.0 Å². The lowest BCUT2D eigenvalue weighted by molar-refractivity contribution is -0.142. The zero-order chi connectivity index (χ0) is 21.9. The van der Waals surface area contributed by atoms with Crippen LogP contribution in [0.4, 0.5) is 0 Å². The number of hydrogen-bond donors (Lipinski definition) is 7. The molecule has 0 rings (SSSR count). The van der Waals surface area contributed by atoms with Crippen molar-refractivity contribution in [3.05, 3.63) is 0 Å². The van der Waals surface area contributed by atoms with Crippen molar-refractivity contribution >= 4 is 35.6 Å². The molecule has 0 aliphatic heterocycles. The van der Waals surface area contributed by atoms with Crippen molar-refractivity contribution in [2.45, 2.75) is 50.7 Å². The molecule has 0 aromatic heterocycles. The molecule has 0 radical (unpaired) electrons. The van der Waals surface area contributed by atoms with E-state index in [0.29, 0.717) is 0 Å². The number of rotatable bonds is 13. The summed E-state index contributed by atoms with van der Waals surface area (Å²) in [4.78, 5) is 67.9. The molecule has 0 aromatic carbocycles. The molecule has 0 spiro atoms. The van der Waals surface area contributed by atoms with Gasteiger partial charge in [-0.1, -0.05) is 0 Å². The van der Waals surface area contributed by atoms with Crippen LogP contribution in [0, 0.1) is 0 Å². The maximum Gasteiger partial charge on any atom is 0.325 e. The van der Waals surface area contributed by atoms with Gasteiger partial charge in [-0.05, 0) is 19.8 Å². The number of carboxylic acids is 2. The zero-order valence-corrected chi connectivity index (χ0v) is 15.3. The van der Waals surface area contributed by atoms with E-state index in [4.69, 9.17) is 21.7 Å². The minimum absolute atomic E-state index is 0.125. The molecular weight excluding hydrogens is 378 g/mol. The highest BCUT2D eigenvalue weighted by Gasteiger charge is 2.25. The van der Waals surface area contributed by atoms with Gasteiger partial charge in [0.2, 0.25) is 23.6 Å². The van der Waals surface area contributed by atoms with Crippen LogP contribution in [-0.4, -0.2) is 70.5 Å². The summed E-state index contributed by atoms with van der Waals surface area (Å²) in [6.07, 6.45) is -0.866. The molecule has 0 bridgehead atoms. The summed E-state index contributed by atoms with van der Waals surface area (Å²) < 4.78 is 0. The van der Waals surface area contributed by atoms with Crippen LogP contribution in [0.3, 0.4) is 0 Å². The molecule has 13 heteroatoms. The van der Waals surface area contributed by atoms with Crippen LogP contribution < -0.4 is 27.4 Å². The summed E-state index contributed by atoms with van der Waals surface area (Å²) >= 11 is 0. The highest BCUT2D eigenvalue weighted by molar-refractivity contribution is 5.92. The lowest BCUT2D eigenvalue weighted by Gasteiger charge is -2.20. The topological polar surface area (TPSA) is 231 Å². The van der Waals surface area contributed by atoms with Crippen LogP contribution in [-0.2, 0) is 28.8 Å². The molecule has 4 amide bonds. The van der Waals surface area contributed by atoms with Crippen LogP contribution in [0.5, 0.6) is 0 Å². The van der Waals surface area contributed by atoms with Gasteiger partial charge in [0.05, 0.1) is 12.6 Å². The van der Waals surface area contributed by atoms with Crippen molar-refractivity contribution in [1.82, 2.24) is 16.0 Å². The first kappa shape index (κ1) is 24.8. The lowest BCUT2D eigenvalue weighted by atomic mass is 10.1. The number of primary amides is 1. The van der Waals surface area contributed by atoms with Crippen LogP contribution in [0.2, 0.25) is 0 Å². The Labute approximate surface area is 160 Å². The quantitative estimate of drug-likeness (QED) is 0.162. The molecule has 0 aliphatic carbocycles. The molecule has 13 nitrogen and oxygen atoms in total. The molecule has 9 N–H and O–H groups in total. The Morgan fingerprint density at radius 3 is 2.04 bits per heavy atom. The van der Waals surface area contributed by atoms with Gasteiger partial charge in [0, 0.05) is 12.8 Å². The summed E-state index contributed by atoms with van der Waals surface area (Å²) in [5, 5.41) is 24.0. The Hall–Kier alpha value is -3.22. The second-order valence-corrected chi connectivity index (χ2v) is 5.95. The molecule has 0 fully saturated rings. The number of nitrogens with two attached hydrogens (primary N) is 2. The van der Waals surface area contributed by atoms with Crippen LogP contribution in [0.1, 0.15) is 32.6 Å².